The third kappa shape index (κ3) is 4.59. The van der Waals surface area contributed by atoms with Gasteiger partial charge in [-0.2, -0.15) is 0 Å². The second kappa shape index (κ2) is 9.22. The van der Waals surface area contributed by atoms with Crippen molar-refractivity contribution in [1.29, 1.82) is 0 Å². The van der Waals surface area contributed by atoms with E-state index < -0.39 is 32.9 Å². The topological polar surface area (TPSA) is 132 Å². The van der Waals surface area contributed by atoms with Gasteiger partial charge in [0.15, 0.2) is 0 Å². The van der Waals surface area contributed by atoms with Crippen molar-refractivity contribution in [2.24, 2.45) is 0 Å². The minimum Gasteiger partial charge on any atom is -0.502 e. The quantitative estimate of drug-likeness (QED) is 0.209. The Hall–Kier alpha value is -3.03. The van der Waals surface area contributed by atoms with Gasteiger partial charge < -0.3 is 5.11 Å². The SMILES string of the molecule is O=[N+]([O-])c1cnc2cc(F)c(Br)cc2c1Cl.O=[N+]([O-])c1cnc2cc(F)c(Br)cc2c1O. The number of hydrogen-bond acceptors (Lipinski definition) is 7. The molecule has 0 saturated heterocycles. The van der Waals surface area contributed by atoms with Gasteiger partial charge in [0.1, 0.15) is 29.1 Å². The van der Waals surface area contributed by atoms with E-state index in [0.29, 0.717) is 5.39 Å². The van der Waals surface area contributed by atoms with E-state index in [9.17, 15) is 34.1 Å². The molecular weight excluding hydrogens is 585 g/mol. The molecule has 9 nitrogen and oxygen atoms in total. The highest BCUT2D eigenvalue weighted by molar-refractivity contribution is 9.10. The molecule has 4 aromatic rings. The number of aromatic nitrogens is 2. The lowest BCUT2D eigenvalue weighted by Crippen LogP contribution is -1.92. The van der Waals surface area contributed by atoms with Crippen molar-refractivity contribution in [1.82, 2.24) is 9.97 Å². The Bertz CT molecular complexity index is 1320. The molecule has 2 heterocycles. The fourth-order valence-electron chi connectivity index (χ4n) is 2.57. The lowest BCUT2D eigenvalue weighted by molar-refractivity contribution is -0.386. The second-order valence-electron chi connectivity index (χ2n) is 6.03. The van der Waals surface area contributed by atoms with Crippen LogP contribution >= 0.6 is 43.5 Å². The van der Waals surface area contributed by atoms with Crippen LogP contribution in [0.15, 0.2) is 45.6 Å². The lowest BCUT2D eigenvalue weighted by atomic mass is 10.2. The zero-order chi connectivity index (χ0) is 23.7. The third-order valence-corrected chi connectivity index (χ3v) is 5.69. The first-order valence-corrected chi connectivity index (χ1v) is 10.2. The number of pyridine rings is 2. The Labute approximate surface area is 198 Å². The van der Waals surface area contributed by atoms with Crippen molar-refractivity contribution in [3.05, 3.63) is 82.5 Å². The monoisotopic (exact) mass is 590 g/mol. The summed E-state index contributed by atoms with van der Waals surface area (Å²) in [6, 6.07) is 4.87. The summed E-state index contributed by atoms with van der Waals surface area (Å²) in [5, 5.41) is 31.2. The van der Waals surface area contributed by atoms with E-state index in [1.165, 1.54) is 12.1 Å². The summed E-state index contributed by atoms with van der Waals surface area (Å²) in [5.41, 5.74) is -0.376. The molecule has 4 rings (SSSR count). The fraction of sp³-hybridized carbons (Fsp3) is 0. The number of fused-ring (bicyclic) bond motifs is 2. The predicted octanol–water partition coefficient (Wildman–Crippen LogP) is 6.45. The minimum atomic E-state index is -0.751. The molecular formula is C18H7Br2ClF2N4O5. The van der Waals surface area contributed by atoms with Crippen LogP contribution in [0.25, 0.3) is 21.8 Å². The molecule has 2 aromatic carbocycles. The summed E-state index contributed by atoms with van der Waals surface area (Å²) in [6.07, 6.45) is 1.91. The first kappa shape index (κ1) is 23.6. The molecule has 0 aliphatic rings. The highest BCUT2D eigenvalue weighted by Gasteiger charge is 2.19. The number of nitrogens with zero attached hydrogens (tertiary/aromatic N) is 4. The smallest absolute Gasteiger partial charge is 0.329 e. The molecule has 0 saturated carbocycles. The van der Waals surface area contributed by atoms with Crippen LogP contribution < -0.4 is 0 Å². The summed E-state index contributed by atoms with van der Waals surface area (Å²) >= 11 is 11.7. The Balaban J connectivity index is 0.000000181. The van der Waals surface area contributed by atoms with Crippen LogP contribution in [0, 0.1) is 31.9 Å². The van der Waals surface area contributed by atoms with Crippen LogP contribution in [0.1, 0.15) is 0 Å². The summed E-state index contributed by atoms with van der Waals surface area (Å²) in [4.78, 5) is 27.2. The Kier molecular flexibility index (Phi) is 6.81. The summed E-state index contributed by atoms with van der Waals surface area (Å²) in [5.74, 6) is -1.56. The Morgan fingerprint density at radius 1 is 0.844 bits per heavy atom. The summed E-state index contributed by atoms with van der Waals surface area (Å²) in [6.45, 7) is 0. The van der Waals surface area contributed by atoms with Gasteiger partial charge >= 0.3 is 11.4 Å². The molecule has 0 radical (unpaired) electrons. The van der Waals surface area contributed by atoms with Crippen molar-refractivity contribution in [2.45, 2.75) is 0 Å². The molecule has 32 heavy (non-hydrogen) atoms. The van der Waals surface area contributed by atoms with Crippen LogP contribution in [0.4, 0.5) is 20.2 Å². The number of benzene rings is 2. The van der Waals surface area contributed by atoms with Gasteiger partial charge in [-0.15, -0.1) is 0 Å². The highest BCUT2D eigenvalue weighted by Crippen LogP contribution is 2.35. The molecule has 0 spiro atoms. The van der Waals surface area contributed by atoms with Gasteiger partial charge in [-0.1, -0.05) is 11.6 Å². The molecule has 0 aliphatic heterocycles. The van der Waals surface area contributed by atoms with Crippen molar-refractivity contribution >= 4 is 76.6 Å². The molecule has 1 N–H and O–H groups in total. The van der Waals surface area contributed by atoms with Crippen LogP contribution in [0.3, 0.4) is 0 Å². The van der Waals surface area contributed by atoms with Gasteiger partial charge in [-0.25, -0.2) is 18.7 Å². The molecule has 14 heteroatoms. The Morgan fingerprint density at radius 3 is 1.78 bits per heavy atom. The second-order valence-corrected chi connectivity index (χ2v) is 8.12. The maximum Gasteiger partial charge on any atom is 0.329 e. The maximum absolute atomic E-state index is 13.2. The van der Waals surface area contributed by atoms with Gasteiger partial charge in [0.2, 0.25) is 5.75 Å². The molecule has 0 fully saturated rings. The van der Waals surface area contributed by atoms with Gasteiger partial charge in [0, 0.05) is 17.5 Å². The van der Waals surface area contributed by atoms with E-state index in [2.05, 4.69) is 41.8 Å². The summed E-state index contributed by atoms with van der Waals surface area (Å²) in [7, 11) is 0. The van der Waals surface area contributed by atoms with Crippen LogP contribution in [0.2, 0.25) is 5.02 Å². The molecule has 0 atom stereocenters. The molecule has 0 aliphatic carbocycles. The van der Waals surface area contributed by atoms with E-state index >= 15 is 0 Å². The normalized spacial score (nSPS) is 10.7. The molecule has 0 unspecified atom stereocenters. The van der Waals surface area contributed by atoms with E-state index in [-0.39, 0.29) is 36.1 Å². The number of rotatable bonds is 2. The van der Waals surface area contributed by atoms with Crippen LogP contribution in [0.5, 0.6) is 5.75 Å². The zero-order valence-electron chi connectivity index (χ0n) is 15.2. The van der Waals surface area contributed by atoms with Gasteiger partial charge in [0.05, 0.1) is 35.2 Å². The molecule has 0 amide bonds. The van der Waals surface area contributed by atoms with Crippen molar-refractivity contribution in [3.63, 3.8) is 0 Å². The largest absolute Gasteiger partial charge is 0.502 e. The number of halogens is 5. The van der Waals surface area contributed by atoms with Gasteiger partial charge in [-0.05, 0) is 44.0 Å². The average Bonchev–Trinajstić information content (AvgIpc) is 2.71. The van der Waals surface area contributed by atoms with Crippen LogP contribution in [-0.2, 0) is 0 Å². The van der Waals surface area contributed by atoms with Crippen molar-refractivity contribution in [3.8, 4) is 5.75 Å². The van der Waals surface area contributed by atoms with E-state index in [1.54, 1.807) is 0 Å². The number of nitro groups is 2. The lowest BCUT2D eigenvalue weighted by Gasteiger charge is -2.02. The summed E-state index contributed by atoms with van der Waals surface area (Å²) < 4.78 is 26.6. The maximum atomic E-state index is 13.2. The zero-order valence-corrected chi connectivity index (χ0v) is 19.2. The molecule has 0 bridgehead atoms. The average molecular weight is 593 g/mol. The standard InChI is InChI=1S/C9H3BrClFN2O2.C9H4BrFN2O3/c10-5-1-4-7(2-6(5)12)13-3-8(9(4)11)14(15)16;10-5-1-4-7(2-6(5)11)12-3-8(9(4)14)13(15)16/h1-3H;1-3H,(H,12,14). The van der Waals surface area contributed by atoms with E-state index in [4.69, 9.17) is 11.6 Å². The number of hydrogen-bond donors (Lipinski definition) is 1. The first-order valence-electron chi connectivity index (χ1n) is 8.20. The molecule has 164 valence electrons. The van der Waals surface area contributed by atoms with E-state index in [0.717, 1.165) is 24.5 Å². The van der Waals surface area contributed by atoms with Gasteiger partial charge in [0.25, 0.3) is 0 Å². The predicted molar refractivity (Wildman–Crippen MR) is 119 cm³/mol. The Morgan fingerprint density at radius 2 is 1.28 bits per heavy atom. The number of aromatic hydroxyl groups is 1. The van der Waals surface area contributed by atoms with Gasteiger partial charge in [-0.3, -0.25) is 20.2 Å². The first-order chi connectivity index (χ1) is 15.0. The van der Waals surface area contributed by atoms with Crippen molar-refractivity contribution in [2.75, 3.05) is 0 Å². The highest BCUT2D eigenvalue weighted by atomic mass is 79.9. The van der Waals surface area contributed by atoms with Crippen molar-refractivity contribution < 1.29 is 23.7 Å². The van der Waals surface area contributed by atoms with Crippen LogP contribution in [-0.4, -0.2) is 24.9 Å². The fourth-order valence-corrected chi connectivity index (χ4v) is 3.52. The third-order valence-electron chi connectivity index (χ3n) is 4.08. The van der Waals surface area contributed by atoms with E-state index in [1.807, 2.05) is 0 Å². The molecule has 2 aromatic heterocycles. The minimum absolute atomic E-state index is 0.0456.